The molecule has 0 aliphatic heterocycles. The van der Waals surface area contributed by atoms with Gasteiger partial charge < -0.3 is 9.80 Å². The number of hydrogen-bond acceptors (Lipinski definition) is 4. The summed E-state index contributed by atoms with van der Waals surface area (Å²) in [6, 6.07) is 25.7. The van der Waals surface area contributed by atoms with E-state index in [0.29, 0.717) is 6.54 Å². The Morgan fingerprint density at radius 1 is 0.862 bits per heavy atom. The smallest absolute Gasteiger partial charge is 0.249 e. The number of benzene rings is 3. The Balaban J connectivity index is 1.64. The second kappa shape index (κ2) is 8.14. The number of nitrogens with zero attached hydrogens (tertiary/aromatic N) is 5. The van der Waals surface area contributed by atoms with Gasteiger partial charge in [0.25, 0.3) is 0 Å². The van der Waals surface area contributed by atoms with E-state index in [4.69, 9.17) is 0 Å². The molecule has 1 heterocycles. The summed E-state index contributed by atoms with van der Waals surface area (Å²) in [5.74, 6) is -0.0397. The molecule has 0 N–H and O–H groups in total. The lowest BCUT2D eigenvalue weighted by Gasteiger charge is -2.24. The highest BCUT2D eigenvalue weighted by molar-refractivity contribution is 5.94. The average Bonchev–Trinajstić information content (AvgIpc) is 3.15. The summed E-state index contributed by atoms with van der Waals surface area (Å²) < 4.78 is 1.66. The summed E-state index contributed by atoms with van der Waals surface area (Å²) in [6.07, 6.45) is 0. The number of para-hydroxylation sites is 1. The molecule has 0 aliphatic carbocycles. The van der Waals surface area contributed by atoms with Crippen molar-refractivity contribution >= 4 is 28.3 Å². The van der Waals surface area contributed by atoms with E-state index in [1.807, 2.05) is 97.9 Å². The number of carbonyl (C=O) groups excluding carboxylic acids is 1. The zero-order valence-electron chi connectivity index (χ0n) is 16.6. The largest absolute Gasteiger partial charge is 0.378 e. The molecular formula is C23H23N5O. The zero-order valence-corrected chi connectivity index (χ0v) is 16.6. The molecule has 146 valence electrons. The molecule has 29 heavy (non-hydrogen) atoms. The van der Waals surface area contributed by atoms with Crippen LogP contribution in [0.2, 0.25) is 0 Å². The van der Waals surface area contributed by atoms with Gasteiger partial charge in [-0.2, -0.15) is 0 Å². The summed E-state index contributed by atoms with van der Waals surface area (Å²) in [7, 11) is 4.00. The molecule has 4 rings (SSSR count). The minimum Gasteiger partial charge on any atom is -0.378 e. The van der Waals surface area contributed by atoms with Crippen molar-refractivity contribution in [1.82, 2.24) is 15.0 Å². The second-order valence-electron chi connectivity index (χ2n) is 7.11. The topological polar surface area (TPSA) is 54.3 Å². The van der Waals surface area contributed by atoms with Gasteiger partial charge >= 0.3 is 0 Å². The van der Waals surface area contributed by atoms with E-state index in [0.717, 1.165) is 28.0 Å². The molecule has 0 atom stereocenters. The number of hydrogen-bond donors (Lipinski definition) is 0. The van der Waals surface area contributed by atoms with Crippen molar-refractivity contribution in [1.29, 1.82) is 0 Å². The van der Waals surface area contributed by atoms with Crippen molar-refractivity contribution in [2.75, 3.05) is 23.9 Å². The molecule has 0 saturated heterocycles. The fourth-order valence-corrected chi connectivity index (χ4v) is 3.27. The molecule has 0 aliphatic rings. The fourth-order valence-electron chi connectivity index (χ4n) is 3.27. The monoisotopic (exact) mass is 385 g/mol. The number of amides is 1. The van der Waals surface area contributed by atoms with Crippen LogP contribution in [0.5, 0.6) is 0 Å². The average molecular weight is 385 g/mol. The van der Waals surface area contributed by atoms with Crippen LogP contribution in [-0.4, -0.2) is 35.0 Å². The number of anilines is 2. The zero-order chi connectivity index (χ0) is 20.2. The van der Waals surface area contributed by atoms with Crippen LogP contribution in [0.25, 0.3) is 11.0 Å². The summed E-state index contributed by atoms with van der Waals surface area (Å²) in [4.78, 5) is 17.1. The van der Waals surface area contributed by atoms with Crippen LogP contribution in [-0.2, 0) is 17.9 Å². The van der Waals surface area contributed by atoms with Gasteiger partial charge in [-0.05, 0) is 42.0 Å². The van der Waals surface area contributed by atoms with Gasteiger partial charge in [-0.3, -0.25) is 4.79 Å². The van der Waals surface area contributed by atoms with Crippen LogP contribution in [0.4, 0.5) is 11.4 Å². The Kier molecular flexibility index (Phi) is 5.24. The first-order chi connectivity index (χ1) is 14.1. The second-order valence-corrected chi connectivity index (χ2v) is 7.11. The minimum atomic E-state index is -0.0397. The molecule has 6 heteroatoms. The maximum Gasteiger partial charge on any atom is 0.249 e. The Morgan fingerprint density at radius 3 is 2.24 bits per heavy atom. The molecule has 3 aromatic carbocycles. The van der Waals surface area contributed by atoms with Crippen molar-refractivity contribution in [3.8, 4) is 0 Å². The van der Waals surface area contributed by atoms with Crippen LogP contribution >= 0.6 is 0 Å². The van der Waals surface area contributed by atoms with E-state index in [-0.39, 0.29) is 12.5 Å². The van der Waals surface area contributed by atoms with Crippen molar-refractivity contribution in [2.45, 2.75) is 13.1 Å². The third-order valence-electron chi connectivity index (χ3n) is 4.87. The quantitative estimate of drug-likeness (QED) is 0.507. The maximum atomic E-state index is 13.3. The molecule has 6 nitrogen and oxygen atoms in total. The van der Waals surface area contributed by atoms with Crippen LogP contribution in [0.15, 0.2) is 78.9 Å². The Bertz CT molecular complexity index is 1100. The van der Waals surface area contributed by atoms with E-state index in [1.165, 1.54) is 0 Å². The lowest BCUT2D eigenvalue weighted by Crippen LogP contribution is -2.33. The number of carbonyl (C=O) groups is 1. The highest BCUT2D eigenvalue weighted by atomic mass is 16.2. The molecule has 1 aromatic heterocycles. The minimum absolute atomic E-state index is 0.0397. The molecule has 0 bridgehead atoms. The summed E-state index contributed by atoms with van der Waals surface area (Å²) >= 11 is 0. The van der Waals surface area contributed by atoms with Gasteiger partial charge in [-0.15, -0.1) is 5.10 Å². The van der Waals surface area contributed by atoms with E-state index in [2.05, 4.69) is 10.3 Å². The maximum absolute atomic E-state index is 13.3. The molecule has 0 fully saturated rings. The lowest BCUT2D eigenvalue weighted by molar-refractivity contribution is -0.119. The summed E-state index contributed by atoms with van der Waals surface area (Å²) in [5, 5.41) is 8.32. The van der Waals surface area contributed by atoms with Crippen molar-refractivity contribution in [2.24, 2.45) is 0 Å². The third kappa shape index (κ3) is 4.11. The van der Waals surface area contributed by atoms with Crippen LogP contribution in [0, 0.1) is 0 Å². The first-order valence-electron chi connectivity index (χ1n) is 9.52. The molecule has 4 aromatic rings. The van der Waals surface area contributed by atoms with Gasteiger partial charge in [0.1, 0.15) is 12.1 Å². The van der Waals surface area contributed by atoms with Gasteiger partial charge in [0, 0.05) is 25.5 Å². The highest BCUT2D eigenvalue weighted by Gasteiger charge is 2.18. The standard InChI is InChI=1S/C23H23N5O/c1-26(2)19-12-14-20(15-13-19)27(16-18-8-4-3-5-9-18)23(29)17-28-22-11-7-6-10-21(22)24-25-28/h3-15H,16-17H2,1-2H3. The number of rotatable bonds is 6. The number of fused-ring (bicyclic) bond motifs is 1. The SMILES string of the molecule is CN(C)c1ccc(N(Cc2ccccc2)C(=O)Cn2nnc3ccccc32)cc1. The van der Waals surface area contributed by atoms with Gasteiger partial charge in [0.2, 0.25) is 5.91 Å². The van der Waals surface area contributed by atoms with E-state index in [1.54, 1.807) is 9.58 Å². The van der Waals surface area contributed by atoms with E-state index >= 15 is 0 Å². The first-order valence-corrected chi connectivity index (χ1v) is 9.52. The Labute approximate surface area is 170 Å². The molecule has 0 radical (unpaired) electrons. The Morgan fingerprint density at radius 2 is 1.52 bits per heavy atom. The first kappa shape index (κ1) is 18.7. The van der Waals surface area contributed by atoms with E-state index < -0.39 is 0 Å². The van der Waals surface area contributed by atoms with Crippen molar-refractivity contribution in [3.63, 3.8) is 0 Å². The van der Waals surface area contributed by atoms with Gasteiger partial charge in [-0.1, -0.05) is 47.7 Å². The van der Waals surface area contributed by atoms with Crippen LogP contribution in [0.1, 0.15) is 5.56 Å². The van der Waals surface area contributed by atoms with E-state index in [9.17, 15) is 4.79 Å². The van der Waals surface area contributed by atoms with Gasteiger partial charge in [0.15, 0.2) is 0 Å². The fraction of sp³-hybridized carbons (Fsp3) is 0.174. The molecule has 0 unspecified atom stereocenters. The van der Waals surface area contributed by atoms with Gasteiger partial charge in [-0.25, -0.2) is 4.68 Å². The predicted molar refractivity (Wildman–Crippen MR) is 116 cm³/mol. The summed E-state index contributed by atoms with van der Waals surface area (Å²) in [5.41, 5.74) is 4.65. The predicted octanol–water partition coefficient (Wildman–Crippen LogP) is 3.73. The summed E-state index contributed by atoms with van der Waals surface area (Å²) in [6.45, 7) is 0.621. The number of aromatic nitrogens is 3. The molecular weight excluding hydrogens is 362 g/mol. The normalized spacial score (nSPS) is 10.8. The molecule has 0 saturated carbocycles. The van der Waals surface area contributed by atoms with Crippen LogP contribution < -0.4 is 9.80 Å². The Hall–Kier alpha value is -3.67. The highest BCUT2D eigenvalue weighted by Crippen LogP contribution is 2.22. The molecule has 1 amide bonds. The van der Waals surface area contributed by atoms with Crippen LogP contribution in [0.3, 0.4) is 0 Å². The molecule has 0 spiro atoms. The van der Waals surface area contributed by atoms with Crippen molar-refractivity contribution in [3.05, 3.63) is 84.4 Å². The third-order valence-corrected chi connectivity index (χ3v) is 4.87. The van der Waals surface area contributed by atoms with Crippen molar-refractivity contribution < 1.29 is 4.79 Å². The lowest BCUT2D eigenvalue weighted by atomic mass is 10.2. The van der Waals surface area contributed by atoms with Gasteiger partial charge in [0.05, 0.1) is 12.1 Å².